The van der Waals surface area contributed by atoms with Gasteiger partial charge in [0.15, 0.2) is 0 Å². The molecule has 0 aromatic heterocycles. The number of likely N-dealkylation sites (N-methyl/N-ethyl adjacent to an activating group) is 1. The summed E-state index contributed by atoms with van der Waals surface area (Å²) in [6, 6.07) is 0. The molecule has 0 aromatic carbocycles. The van der Waals surface area contributed by atoms with E-state index in [0.717, 1.165) is 26.2 Å². The zero-order valence-electron chi connectivity index (χ0n) is 7.14. The van der Waals surface area contributed by atoms with E-state index < -0.39 is 0 Å². The van der Waals surface area contributed by atoms with E-state index in [1.807, 2.05) is 4.58 Å². The fourth-order valence-electron chi connectivity index (χ4n) is 1.43. The summed E-state index contributed by atoms with van der Waals surface area (Å²) < 4.78 is 2.04. The average molecular weight is 158 g/mol. The summed E-state index contributed by atoms with van der Waals surface area (Å²) in [5.41, 5.74) is 10.9. The van der Waals surface area contributed by atoms with Crippen molar-refractivity contribution < 1.29 is 9.48 Å². The Labute approximate surface area is 67.5 Å². The Morgan fingerprint density at radius 2 is 1.91 bits per heavy atom. The van der Waals surface area contributed by atoms with Crippen molar-refractivity contribution in [2.24, 2.45) is 11.5 Å². The highest BCUT2D eigenvalue weighted by atomic mass is 15.2. The molecule has 1 fully saturated rings. The zero-order valence-corrected chi connectivity index (χ0v) is 7.14. The van der Waals surface area contributed by atoms with Crippen LogP contribution >= 0.6 is 0 Å². The standard InChI is InChI=1S/C7H16N4/c1-2-10-3-5-11(6-4-10)7(8)9/h2-6H2,1H3,(H3,8,9)/p+2. The van der Waals surface area contributed by atoms with Crippen molar-refractivity contribution in [2.45, 2.75) is 6.92 Å². The maximum atomic E-state index is 5.47. The van der Waals surface area contributed by atoms with E-state index in [-0.39, 0.29) is 0 Å². The Morgan fingerprint density at radius 3 is 2.27 bits per heavy atom. The maximum Gasteiger partial charge on any atom is 0.341 e. The van der Waals surface area contributed by atoms with Gasteiger partial charge in [0.2, 0.25) is 0 Å². The van der Waals surface area contributed by atoms with Crippen LogP contribution < -0.4 is 16.4 Å². The minimum atomic E-state index is 0.472. The number of nitrogens with two attached hydrogens (primary N) is 2. The molecule has 0 saturated carbocycles. The SMILES string of the molecule is CC[NH+]1CC[N+](=C(N)N)CC1. The number of quaternary nitrogens is 1. The molecule has 1 heterocycles. The number of rotatable bonds is 1. The molecule has 0 amide bonds. The smallest absolute Gasteiger partial charge is 0.330 e. The first kappa shape index (κ1) is 8.33. The van der Waals surface area contributed by atoms with Crippen LogP contribution in [0.1, 0.15) is 6.92 Å². The lowest BCUT2D eigenvalue weighted by Gasteiger charge is -2.23. The third-order valence-corrected chi connectivity index (χ3v) is 2.34. The summed E-state index contributed by atoms with van der Waals surface area (Å²) in [5.74, 6) is 0.472. The van der Waals surface area contributed by atoms with Crippen molar-refractivity contribution in [3.63, 3.8) is 0 Å². The average Bonchev–Trinajstić information content (AvgIpc) is 2.05. The lowest BCUT2D eigenvalue weighted by Crippen LogP contribution is -3.14. The molecule has 4 nitrogen and oxygen atoms in total. The van der Waals surface area contributed by atoms with Gasteiger partial charge in [-0.1, -0.05) is 0 Å². The molecule has 0 bridgehead atoms. The summed E-state index contributed by atoms with van der Waals surface area (Å²) in [4.78, 5) is 1.64. The fourth-order valence-corrected chi connectivity index (χ4v) is 1.43. The van der Waals surface area contributed by atoms with Crippen LogP contribution in [0, 0.1) is 0 Å². The van der Waals surface area contributed by atoms with Crippen LogP contribution in [0.2, 0.25) is 0 Å². The molecular formula is C7H18N4+2. The largest absolute Gasteiger partial charge is 0.341 e. The van der Waals surface area contributed by atoms with E-state index in [1.54, 1.807) is 4.90 Å². The summed E-state index contributed by atoms with van der Waals surface area (Å²) in [6.45, 7) is 7.75. The van der Waals surface area contributed by atoms with Crippen LogP contribution in [-0.2, 0) is 0 Å². The van der Waals surface area contributed by atoms with Crippen molar-refractivity contribution in [3.05, 3.63) is 0 Å². The van der Waals surface area contributed by atoms with Crippen molar-refractivity contribution in [2.75, 3.05) is 32.7 Å². The lowest BCUT2D eigenvalue weighted by molar-refractivity contribution is -0.930. The van der Waals surface area contributed by atoms with Gasteiger partial charge in [-0.3, -0.25) is 16.0 Å². The van der Waals surface area contributed by atoms with Gasteiger partial charge in [-0.2, -0.15) is 0 Å². The van der Waals surface area contributed by atoms with Gasteiger partial charge in [0.25, 0.3) is 0 Å². The van der Waals surface area contributed by atoms with Crippen LogP contribution in [0.5, 0.6) is 0 Å². The first-order valence-electron chi connectivity index (χ1n) is 4.20. The number of nitrogens with zero attached hydrogens (tertiary/aromatic N) is 1. The van der Waals surface area contributed by atoms with Crippen LogP contribution in [0.15, 0.2) is 0 Å². The Bertz CT molecular complexity index is 150. The minimum absolute atomic E-state index is 0.472. The number of nitrogens with one attached hydrogen (secondary N) is 1. The Hall–Kier alpha value is -0.770. The molecule has 0 atom stereocenters. The van der Waals surface area contributed by atoms with E-state index in [2.05, 4.69) is 6.92 Å². The van der Waals surface area contributed by atoms with Crippen LogP contribution in [0.3, 0.4) is 0 Å². The van der Waals surface area contributed by atoms with Crippen LogP contribution in [0.4, 0.5) is 0 Å². The third kappa shape index (κ3) is 2.08. The summed E-state index contributed by atoms with van der Waals surface area (Å²) in [5, 5.41) is 0. The Balaban J connectivity index is 2.42. The van der Waals surface area contributed by atoms with E-state index in [4.69, 9.17) is 11.5 Å². The fraction of sp³-hybridized carbons (Fsp3) is 0.857. The van der Waals surface area contributed by atoms with E-state index in [0.29, 0.717) is 5.96 Å². The Morgan fingerprint density at radius 1 is 1.36 bits per heavy atom. The highest BCUT2D eigenvalue weighted by Gasteiger charge is 2.17. The topological polar surface area (TPSA) is 59.5 Å². The van der Waals surface area contributed by atoms with Gasteiger partial charge in [0.1, 0.15) is 26.2 Å². The molecule has 0 unspecified atom stereocenters. The molecule has 1 rings (SSSR count). The van der Waals surface area contributed by atoms with Crippen molar-refractivity contribution >= 4 is 5.96 Å². The molecule has 0 aromatic rings. The van der Waals surface area contributed by atoms with Crippen LogP contribution in [-0.4, -0.2) is 43.3 Å². The number of hydrogen-bond acceptors (Lipinski definition) is 0. The van der Waals surface area contributed by atoms with E-state index in [9.17, 15) is 0 Å². The molecule has 0 radical (unpaired) electrons. The van der Waals surface area contributed by atoms with Gasteiger partial charge < -0.3 is 4.90 Å². The summed E-state index contributed by atoms with van der Waals surface area (Å²) >= 11 is 0. The highest BCUT2D eigenvalue weighted by molar-refractivity contribution is 5.70. The molecule has 1 aliphatic rings. The van der Waals surface area contributed by atoms with Gasteiger partial charge >= 0.3 is 5.96 Å². The predicted molar refractivity (Wildman–Crippen MR) is 44.6 cm³/mol. The number of hydrogen-bond donors (Lipinski definition) is 3. The van der Waals surface area contributed by atoms with Crippen molar-refractivity contribution in [1.82, 2.24) is 0 Å². The normalized spacial score (nSPS) is 25.2. The molecule has 0 aliphatic carbocycles. The molecule has 1 aliphatic heterocycles. The van der Waals surface area contributed by atoms with E-state index in [1.165, 1.54) is 6.54 Å². The van der Waals surface area contributed by atoms with Crippen molar-refractivity contribution in [3.8, 4) is 0 Å². The van der Waals surface area contributed by atoms with Gasteiger partial charge in [0.05, 0.1) is 6.54 Å². The van der Waals surface area contributed by atoms with Crippen molar-refractivity contribution in [1.29, 1.82) is 0 Å². The molecule has 5 N–H and O–H groups in total. The maximum absolute atomic E-state index is 5.47. The molecular weight excluding hydrogens is 140 g/mol. The van der Waals surface area contributed by atoms with Gasteiger partial charge in [-0.15, -0.1) is 0 Å². The van der Waals surface area contributed by atoms with E-state index >= 15 is 0 Å². The Kier molecular flexibility index (Phi) is 2.70. The molecule has 1 saturated heterocycles. The highest BCUT2D eigenvalue weighted by Crippen LogP contribution is 1.76. The van der Waals surface area contributed by atoms with Crippen LogP contribution in [0.25, 0.3) is 0 Å². The minimum Gasteiger partial charge on any atom is -0.330 e. The third-order valence-electron chi connectivity index (χ3n) is 2.34. The van der Waals surface area contributed by atoms with Gasteiger partial charge in [0, 0.05) is 0 Å². The first-order valence-corrected chi connectivity index (χ1v) is 4.20. The second-order valence-corrected chi connectivity index (χ2v) is 3.02. The monoisotopic (exact) mass is 158 g/mol. The van der Waals surface area contributed by atoms with Gasteiger partial charge in [-0.25, -0.2) is 0 Å². The second-order valence-electron chi connectivity index (χ2n) is 3.02. The molecule has 4 heteroatoms. The number of piperazine rings is 1. The quantitative estimate of drug-likeness (QED) is 0.285. The van der Waals surface area contributed by atoms with Gasteiger partial charge in [-0.05, 0) is 6.92 Å². The summed E-state index contributed by atoms with van der Waals surface area (Å²) in [6.07, 6.45) is 0. The lowest BCUT2D eigenvalue weighted by atomic mass is 10.3. The molecule has 64 valence electrons. The zero-order chi connectivity index (χ0) is 8.27. The summed E-state index contributed by atoms with van der Waals surface area (Å²) in [7, 11) is 0. The number of guanidine groups is 1. The first-order chi connectivity index (χ1) is 5.24. The predicted octanol–water partition coefficient (Wildman–Crippen LogP) is -2.81. The molecule has 0 spiro atoms. The second kappa shape index (κ2) is 3.57. The molecule has 11 heavy (non-hydrogen) atoms.